The summed E-state index contributed by atoms with van der Waals surface area (Å²) in [6.07, 6.45) is 29.6. The second kappa shape index (κ2) is 39.0. The molecule has 0 radical (unpaired) electrons. The fourth-order valence-electron chi connectivity index (χ4n) is 12.5. The molecule has 7 aromatic rings. The molecule has 8 rings (SSSR count). The lowest BCUT2D eigenvalue weighted by Gasteiger charge is -2.20. The minimum atomic E-state index is -0.817. The third-order valence-electron chi connectivity index (χ3n) is 17.9. The van der Waals surface area contributed by atoms with Crippen LogP contribution in [-0.4, -0.2) is 104 Å². The highest BCUT2D eigenvalue weighted by atomic mass is 16.6. The van der Waals surface area contributed by atoms with Crippen LogP contribution in [0.4, 0.5) is 0 Å². The molecule has 0 fully saturated rings. The van der Waals surface area contributed by atoms with E-state index in [4.69, 9.17) is 53.6 Å². The number of hydrogen-bond acceptors (Lipinski definition) is 14. The first-order valence-electron chi connectivity index (χ1n) is 35.6. The van der Waals surface area contributed by atoms with E-state index < -0.39 is 6.10 Å². The maximum absolute atomic E-state index is 11.6. The zero-order chi connectivity index (χ0) is 67.3. The SMILES string of the molecule is CCCCCCCCCCCCCOCC(COc1ccc(-c2nc(C3=CC=C(C)CC3C)nc(-c3ccc(C)cc3C)n2)c(O)c1)OCCCCCCCCCCCCOCC(O)COc1ccc(-c2nc(-c3ccc(C)cc3C)nc(-c3ccc(C)cc3C)n2)c(O)c1. The number of aliphatic hydroxyl groups excluding tert-OH is 1. The number of rotatable bonds is 42. The summed E-state index contributed by atoms with van der Waals surface area (Å²) in [6, 6.07) is 29.0. The van der Waals surface area contributed by atoms with Gasteiger partial charge in [0.15, 0.2) is 34.9 Å². The van der Waals surface area contributed by atoms with Crippen molar-refractivity contribution in [3.05, 3.63) is 148 Å². The molecule has 5 aromatic carbocycles. The zero-order valence-electron chi connectivity index (χ0n) is 58.6. The van der Waals surface area contributed by atoms with E-state index in [0.717, 1.165) is 95.0 Å². The van der Waals surface area contributed by atoms with E-state index >= 15 is 0 Å². The van der Waals surface area contributed by atoms with Gasteiger partial charge in [0.2, 0.25) is 0 Å². The maximum Gasteiger partial charge on any atom is 0.167 e. The van der Waals surface area contributed by atoms with Crippen molar-refractivity contribution in [3.63, 3.8) is 0 Å². The van der Waals surface area contributed by atoms with Crippen molar-refractivity contribution in [3.8, 4) is 79.9 Å². The van der Waals surface area contributed by atoms with Gasteiger partial charge in [0.05, 0.1) is 24.3 Å². The highest BCUT2D eigenvalue weighted by Gasteiger charge is 2.23. The van der Waals surface area contributed by atoms with E-state index in [9.17, 15) is 15.3 Å². The lowest BCUT2D eigenvalue weighted by Crippen LogP contribution is -2.28. The van der Waals surface area contributed by atoms with Gasteiger partial charge in [-0.3, -0.25) is 0 Å². The average molecular weight is 1290 g/mol. The minimum Gasteiger partial charge on any atom is -0.507 e. The molecular formula is C81H108N6O8. The predicted molar refractivity (Wildman–Crippen MR) is 385 cm³/mol. The van der Waals surface area contributed by atoms with Crippen LogP contribution >= 0.6 is 0 Å². The molecule has 0 saturated carbocycles. The van der Waals surface area contributed by atoms with Gasteiger partial charge in [-0.2, -0.15) is 0 Å². The van der Waals surface area contributed by atoms with Crippen molar-refractivity contribution in [2.45, 2.75) is 216 Å². The fourth-order valence-corrected chi connectivity index (χ4v) is 12.5. The van der Waals surface area contributed by atoms with Crippen LogP contribution in [0.1, 0.15) is 201 Å². The smallest absolute Gasteiger partial charge is 0.167 e. The Kier molecular flexibility index (Phi) is 30.2. The van der Waals surface area contributed by atoms with Crippen LogP contribution in [0.25, 0.3) is 62.5 Å². The van der Waals surface area contributed by atoms with Gasteiger partial charge in [0.1, 0.15) is 48.4 Å². The fraction of sp³-hybridized carbons (Fsp3) is 0.506. The summed E-state index contributed by atoms with van der Waals surface area (Å²) >= 11 is 0. The molecule has 0 aliphatic heterocycles. The number of hydrogen-bond donors (Lipinski definition) is 3. The van der Waals surface area contributed by atoms with E-state index in [1.807, 2.05) is 50.2 Å². The van der Waals surface area contributed by atoms with E-state index in [0.29, 0.717) is 90.6 Å². The molecule has 1 aliphatic rings. The van der Waals surface area contributed by atoms with Crippen molar-refractivity contribution < 1.29 is 39.0 Å². The predicted octanol–water partition coefficient (Wildman–Crippen LogP) is 19.5. The summed E-state index contributed by atoms with van der Waals surface area (Å²) in [5.74, 6) is 4.23. The first kappa shape index (κ1) is 73.4. The number of ether oxygens (including phenoxy) is 5. The summed E-state index contributed by atoms with van der Waals surface area (Å²) in [6.45, 7) is 21.9. The molecule has 0 spiro atoms. The Morgan fingerprint density at radius 1 is 0.400 bits per heavy atom. The van der Waals surface area contributed by atoms with Crippen LogP contribution < -0.4 is 9.47 Å². The molecule has 2 heterocycles. The molecule has 1 aliphatic carbocycles. The lowest BCUT2D eigenvalue weighted by atomic mass is 9.88. The third kappa shape index (κ3) is 23.8. The molecule has 14 heteroatoms. The summed E-state index contributed by atoms with van der Waals surface area (Å²) in [7, 11) is 0. The van der Waals surface area contributed by atoms with E-state index in [2.05, 4.69) is 91.0 Å². The average Bonchev–Trinajstić information content (AvgIpc) is 0.811. The number of unbranched alkanes of at least 4 members (excludes halogenated alkanes) is 19. The Labute approximate surface area is 567 Å². The van der Waals surface area contributed by atoms with Crippen molar-refractivity contribution >= 4 is 5.57 Å². The van der Waals surface area contributed by atoms with Crippen molar-refractivity contribution in [1.29, 1.82) is 0 Å². The zero-order valence-corrected chi connectivity index (χ0v) is 58.6. The molecule has 3 atom stereocenters. The second-order valence-electron chi connectivity index (χ2n) is 26.7. The Morgan fingerprint density at radius 3 is 1.18 bits per heavy atom. The van der Waals surface area contributed by atoms with E-state index in [1.165, 1.54) is 114 Å². The van der Waals surface area contributed by atoms with Crippen LogP contribution in [0.3, 0.4) is 0 Å². The van der Waals surface area contributed by atoms with Gasteiger partial charge >= 0.3 is 0 Å². The molecule has 95 heavy (non-hydrogen) atoms. The summed E-state index contributed by atoms with van der Waals surface area (Å²) in [5, 5.41) is 33.6. The number of aryl methyl sites for hydroxylation is 6. The Morgan fingerprint density at radius 2 is 0.768 bits per heavy atom. The quantitative estimate of drug-likeness (QED) is 0.0307. The highest BCUT2D eigenvalue weighted by molar-refractivity contribution is 5.74. The van der Waals surface area contributed by atoms with Crippen LogP contribution in [0.5, 0.6) is 23.0 Å². The normalized spacial score (nSPS) is 13.8. The number of benzene rings is 5. The molecule has 2 aromatic heterocycles. The Balaban J connectivity index is 0.723. The first-order chi connectivity index (χ1) is 46.1. The summed E-state index contributed by atoms with van der Waals surface area (Å²) in [4.78, 5) is 29.6. The Bertz CT molecular complexity index is 3510. The number of phenolic OH excluding ortho intramolecular Hbond substituents is 2. The van der Waals surface area contributed by atoms with Gasteiger partial charge in [0, 0.05) is 54.2 Å². The van der Waals surface area contributed by atoms with Gasteiger partial charge in [-0.15, -0.1) is 0 Å². The maximum atomic E-state index is 11.6. The molecule has 0 amide bonds. The Hall–Kier alpha value is -7.36. The van der Waals surface area contributed by atoms with Crippen molar-refractivity contribution in [2.75, 3.05) is 46.2 Å². The monoisotopic (exact) mass is 1290 g/mol. The summed E-state index contributed by atoms with van der Waals surface area (Å²) in [5.41, 5.74) is 12.7. The summed E-state index contributed by atoms with van der Waals surface area (Å²) < 4.78 is 30.8. The third-order valence-corrected chi connectivity index (χ3v) is 17.9. The van der Waals surface area contributed by atoms with Crippen LogP contribution in [0, 0.1) is 47.5 Å². The van der Waals surface area contributed by atoms with Gasteiger partial charge in [-0.25, -0.2) is 29.9 Å². The standard InChI is InChI=1S/C81H108N6O8/c1-10-11-12-13-14-15-16-19-23-26-29-44-92-54-67(55-95-66-36-42-73(75(90)51-66)81-86-78(70-39-33-58(4)48-62(70)8)83-79(87-81)71-40-34-59(5)49-63(71)9)93-45-30-27-24-21-18-17-20-22-25-28-43-91-52-64(88)53-94-65-35-41-72(74(89)50-65)80-84-76(68-37-31-56(2)46-60(68)6)82-77(85-80)69-38-32-57(3)47-61(69)7/h31-42,46-48,50-51,63-64,67,88-90H,10-30,43-45,49,52-55H2,1-9H3. The molecule has 0 bridgehead atoms. The van der Waals surface area contributed by atoms with Gasteiger partial charge in [0.25, 0.3) is 0 Å². The number of aromatic hydroxyl groups is 2. The van der Waals surface area contributed by atoms with Crippen LogP contribution in [-0.2, 0) is 14.2 Å². The van der Waals surface area contributed by atoms with Gasteiger partial charge in [-0.05, 0) is 121 Å². The first-order valence-corrected chi connectivity index (χ1v) is 35.6. The number of aromatic nitrogens is 6. The van der Waals surface area contributed by atoms with Gasteiger partial charge < -0.3 is 39.0 Å². The van der Waals surface area contributed by atoms with Crippen molar-refractivity contribution in [1.82, 2.24) is 29.9 Å². The van der Waals surface area contributed by atoms with E-state index in [1.54, 1.807) is 18.2 Å². The molecule has 3 N–H and O–H groups in total. The second-order valence-corrected chi connectivity index (χ2v) is 26.7. The lowest BCUT2D eigenvalue weighted by molar-refractivity contribution is -0.0389. The largest absolute Gasteiger partial charge is 0.507 e. The molecular weight excluding hydrogens is 1180 g/mol. The van der Waals surface area contributed by atoms with Crippen LogP contribution in [0.2, 0.25) is 0 Å². The molecule has 0 saturated heterocycles. The molecule has 14 nitrogen and oxygen atoms in total. The van der Waals surface area contributed by atoms with E-state index in [-0.39, 0.29) is 36.7 Å². The number of nitrogens with zero attached hydrogens (tertiary/aromatic N) is 6. The number of aliphatic hydroxyl groups is 1. The minimum absolute atomic E-state index is 0.0262. The topological polar surface area (TPSA) is 184 Å². The van der Waals surface area contributed by atoms with Crippen LogP contribution in [0.15, 0.2) is 109 Å². The highest BCUT2D eigenvalue weighted by Crippen LogP contribution is 2.38. The number of allylic oxidation sites excluding steroid dienone is 4. The number of phenols is 2. The van der Waals surface area contributed by atoms with Crippen molar-refractivity contribution in [2.24, 2.45) is 5.92 Å². The molecule has 510 valence electrons. The van der Waals surface area contributed by atoms with Gasteiger partial charge in [-0.1, -0.05) is 218 Å². The molecule has 3 unspecified atom stereocenters.